The van der Waals surface area contributed by atoms with E-state index in [1.807, 2.05) is 0 Å². The molecule has 1 aromatic rings. The minimum atomic E-state index is -0.421. The molecule has 2 rings (SSSR count). The van der Waals surface area contributed by atoms with E-state index in [4.69, 9.17) is 22.1 Å². The Labute approximate surface area is 118 Å². The summed E-state index contributed by atoms with van der Waals surface area (Å²) in [5, 5.41) is 0.142. The number of carbonyl (C=O) groups is 1. The van der Waals surface area contributed by atoms with E-state index >= 15 is 0 Å². The van der Waals surface area contributed by atoms with Crippen molar-refractivity contribution in [3.8, 4) is 0 Å². The van der Waals surface area contributed by atoms with E-state index < -0.39 is 5.97 Å². The lowest BCUT2D eigenvalue weighted by atomic mass is 9.85. The lowest BCUT2D eigenvalue weighted by Crippen LogP contribution is -2.29. The Morgan fingerprint density at radius 3 is 3.00 bits per heavy atom. The van der Waals surface area contributed by atoms with Gasteiger partial charge in [-0.3, -0.25) is 0 Å². The third-order valence-electron chi connectivity index (χ3n) is 3.70. The first kappa shape index (κ1) is 14.1. The number of ether oxygens (including phenoxy) is 1. The fourth-order valence-corrected chi connectivity index (χ4v) is 2.78. The second-order valence-electron chi connectivity index (χ2n) is 5.00. The van der Waals surface area contributed by atoms with Gasteiger partial charge in [0.25, 0.3) is 0 Å². The summed E-state index contributed by atoms with van der Waals surface area (Å²) >= 11 is 5.91. The number of anilines is 1. The maximum atomic E-state index is 12.1. The summed E-state index contributed by atoms with van der Waals surface area (Å²) in [6.45, 7) is 2.13. The zero-order valence-corrected chi connectivity index (χ0v) is 11.8. The van der Waals surface area contributed by atoms with Gasteiger partial charge in [-0.25, -0.2) is 9.78 Å². The molecule has 1 fully saturated rings. The summed E-state index contributed by atoms with van der Waals surface area (Å²) in [6, 6.07) is 1.52. The number of hydrogen-bond donors (Lipinski definition) is 1. The van der Waals surface area contributed by atoms with Crippen molar-refractivity contribution in [3.63, 3.8) is 0 Å². The number of pyridine rings is 1. The molecule has 1 aromatic heterocycles. The molecular formula is C14H19ClN2O2. The molecule has 0 radical (unpaired) electrons. The van der Waals surface area contributed by atoms with Gasteiger partial charge in [-0.1, -0.05) is 24.9 Å². The van der Waals surface area contributed by atoms with E-state index in [0.29, 0.717) is 11.6 Å². The number of hydrogen-bond acceptors (Lipinski definition) is 4. The van der Waals surface area contributed by atoms with Crippen LogP contribution in [-0.4, -0.2) is 17.1 Å². The average Bonchev–Trinajstić information content (AvgIpc) is 2.42. The predicted molar refractivity (Wildman–Crippen MR) is 75.1 cm³/mol. The van der Waals surface area contributed by atoms with Gasteiger partial charge in [0.1, 0.15) is 11.3 Å². The Kier molecular flexibility index (Phi) is 4.64. The van der Waals surface area contributed by atoms with Crippen molar-refractivity contribution in [1.29, 1.82) is 0 Å². The van der Waals surface area contributed by atoms with Crippen LogP contribution in [0.15, 0.2) is 12.3 Å². The van der Waals surface area contributed by atoms with Crippen LogP contribution in [0.25, 0.3) is 0 Å². The Morgan fingerprint density at radius 2 is 2.26 bits per heavy atom. The summed E-state index contributed by atoms with van der Waals surface area (Å²) in [4.78, 5) is 16.0. The van der Waals surface area contributed by atoms with Crippen LogP contribution in [0.5, 0.6) is 0 Å². The van der Waals surface area contributed by atoms with E-state index in [9.17, 15) is 4.79 Å². The number of rotatable bonds is 3. The number of carbonyl (C=O) groups excluding carboxylic acids is 1. The van der Waals surface area contributed by atoms with Crippen molar-refractivity contribution >= 4 is 23.3 Å². The number of nitrogen functional groups attached to an aromatic ring is 1. The number of nitrogens with two attached hydrogens (primary N) is 1. The lowest BCUT2D eigenvalue weighted by molar-refractivity contribution is 0.000694. The van der Waals surface area contributed by atoms with Crippen LogP contribution in [0.1, 0.15) is 49.4 Å². The van der Waals surface area contributed by atoms with Crippen LogP contribution in [-0.2, 0) is 4.74 Å². The van der Waals surface area contributed by atoms with E-state index in [0.717, 1.165) is 25.7 Å². The highest BCUT2D eigenvalue weighted by Crippen LogP contribution is 2.30. The van der Waals surface area contributed by atoms with Crippen LogP contribution in [0.2, 0.25) is 5.15 Å². The van der Waals surface area contributed by atoms with Gasteiger partial charge in [-0.2, -0.15) is 0 Å². The average molecular weight is 283 g/mol. The van der Waals surface area contributed by atoms with Crippen LogP contribution >= 0.6 is 11.6 Å². The number of nitrogens with zero attached hydrogens (tertiary/aromatic N) is 1. The molecule has 19 heavy (non-hydrogen) atoms. The van der Waals surface area contributed by atoms with E-state index in [1.165, 1.54) is 18.7 Å². The lowest BCUT2D eigenvalue weighted by Gasteiger charge is -2.30. The maximum absolute atomic E-state index is 12.1. The van der Waals surface area contributed by atoms with E-state index in [-0.39, 0.29) is 16.8 Å². The Hall–Kier alpha value is -1.29. The molecule has 0 saturated heterocycles. The zero-order valence-electron chi connectivity index (χ0n) is 11.1. The smallest absolute Gasteiger partial charge is 0.341 e. The summed E-state index contributed by atoms with van der Waals surface area (Å²) in [7, 11) is 0. The summed E-state index contributed by atoms with van der Waals surface area (Å²) < 4.78 is 5.60. The summed E-state index contributed by atoms with van der Waals surface area (Å²) in [5.74, 6) is 0.0284. The Morgan fingerprint density at radius 1 is 1.53 bits per heavy atom. The number of aromatic nitrogens is 1. The second-order valence-corrected chi connectivity index (χ2v) is 5.36. The molecule has 104 valence electrons. The number of halogens is 1. The van der Waals surface area contributed by atoms with Gasteiger partial charge in [0, 0.05) is 0 Å². The normalized spacial score (nSPS) is 23.1. The van der Waals surface area contributed by atoms with Crippen LogP contribution in [0.3, 0.4) is 0 Å². The molecule has 0 amide bonds. The highest BCUT2D eigenvalue weighted by molar-refractivity contribution is 6.32. The van der Waals surface area contributed by atoms with Crippen molar-refractivity contribution in [2.45, 2.75) is 45.1 Å². The van der Waals surface area contributed by atoms with Crippen LogP contribution in [0, 0.1) is 5.92 Å². The fourth-order valence-electron chi connectivity index (χ4n) is 2.60. The summed E-state index contributed by atoms with van der Waals surface area (Å²) in [6.07, 6.45) is 6.82. The molecule has 1 heterocycles. The SMILES string of the molecule is CCC1CCCCC1OC(=O)c1cc(N)cnc1Cl. The standard InChI is InChI=1S/C14H19ClN2O2/c1-2-9-5-3-4-6-12(9)19-14(18)11-7-10(16)8-17-13(11)15/h7-9,12H,2-6,16H2,1H3. The van der Waals surface area contributed by atoms with Crippen LogP contribution in [0.4, 0.5) is 5.69 Å². The van der Waals surface area contributed by atoms with Crippen molar-refractivity contribution in [2.24, 2.45) is 5.92 Å². The molecular weight excluding hydrogens is 264 g/mol. The predicted octanol–water partition coefficient (Wildman–Crippen LogP) is 3.44. The highest BCUT2D eigenvalue weighted by atomic mass is 35.5. The molecule has 2 N–H and O–H groups in total. The Bertz CT molecular complexity index is 465. The first-order chi connectivity index (χ1) is 9.11. The van der Waals surface area contributed by atoms with Gasteiger partial charge in [0.05, 0.1) is 17.4 Å². The van der Waals surface area contributed by atoms with Crippen molar-refractivity contribution in [1.82, 2.24) is 4.98 Å². The van der Waals surface area contributed by atoms with Crippen molar-refractivity contribution in [2.75, 3.05) is 5.73 Å². The minimum absolute atomic E-state index is 0.0104. The largest absolute Gasteiger partial charge is 0.458 e. The molecule has 5 heteroatoms. The van der Waals surface area contributed by atoms with Gasteiger partial charge in [0.2, 0.25) is 0 Å². The van der Waals surface area contributed by atoms with Gasteiger partial charge in [-0.05, 0) is 37.7 Å². The molecule has 2 unspecified atom stereocenters. The third kappa shape index (κ3) is 3.38. The fraction of sp³-hybridized carbons (Fsp3) is 0.571. The van der Waals surface area contributed by atoms with Crippen molar-refractivity contribution in [3.05, 3.63) is 23.0 Å². The second kappa shape index (κ2) is 6.24. The van der Waals surface area contributed by atoms with E-state index in [2.05, 4.69) is 11.9 Å². The van der Waals surface area contributed by atoms with Gasteiger partial charge < -0.3 is 10.5 Å². The maximum Gasteiger partial charge on any atom is 0.341 e. The molecule has 1 aliphatic rings. The number of esters is 1. The molecule has 1 aliphatic carbocycles. The third-order valence-corrected chi connectivity index (χ3v) is 4.00. The first-order valence-electron chi connectivity index (χ1n) is 6.73. The zero-order chi connectivity index (χ0) is 13.8. The monoisotopic (exact) mass is 282 g/mol. The van der Waals surface area contributed by atoms with Crippen molar-refractivity contribution < 1.29 is 9.53 Å². The Balaban J connectivity index is 2.09. The molecule has 0 spiro atoms. The van der Waals surface area contributed by atoms with Gasteiger partial charge in [0.15, 0.2) is 0 Å². The molecule has 0 bridgehead atoms. The van der Waals surface area contributed by atoms with Crippen LogP contribution < -0.4 is 5.73 Å². The quantitative estimate of drug-likeness (QED) is 0.681. The highest BCUT2D eigenvalue weighted by Gasteiger charge is 2.28. The first-order valence-corrected chi connectivity index (χ1v) is 7.11. The topological polar surface area (TPSA) is 65.2 Å². The molecule has 0 aliphatic heterocycles. The van der Waals surface area contributed by atoms with Gasteiger partial charge in [-0.15, -0.1) is 0 Å². The summed E-state index contributed by atoms with van der Waals surface area (Å²) in [5.41, 5.74) is 6.28. The molecule has 0 aromatic carbocycles. The van der Waals surface area contributed by atoms with E-state index in [1.54, 1.807) is 0 Å². The molecule has 1 saturated carbocycles. The molecule has 4 nitrogen and oxygen atoms in total. The minimum Gasteiger partial charge on any atom is -0.458 e. The van der Waals surface area contributed by atoms with Gasteiger partial charge >= 0.3 is 5.97 Å². The molecule has 2 atom stereocenters.